The molecule has 1 aliphatic rings. The lowest BCUT2D eigenvalue weighted by atomic mass is 10.1. The minimum absolute atomic E-state index is 0.0110. The van der Waals surface area contributed by atoms with Gasteiger partial charge in [-0.05, 0) is 6.42 Å². The molecule has 0 bridgehead atoms. The number of hydrogen-bond acceptors (Lipinski definition) is 3. The van der Waals surface area contributed by atoms with E-state index in [0.29, 0.717) is 17.7 Å². The normalized spacial score (nSPS) is 19.6. The largest absolute Gasteiger partial charge is 0.352 e. The zero-order valence-electron chi connectivity index (χ0n) is 11.2. The van der Waals surface area contributed by atoms with E-state index in [9.17, 15) is 9.18 Å². The summed E-state index contributed by atoms with van der Waals surface area (Å²) in [5.41, 5.74) is 6.73. The number of nitrogens with one attached hydrogen (secondary N) is 1. The molecule has 5 heteroatoms. The van der Waals surface area contributed by atoms with Gasteiger partial charge >= 0.3 is 0 Å². The molecule has 0 saturated carbocycles. The van der Waals surface area contributed by atoms with Crippen LogP contribution >= 0.6 is 0 Å². The number of nitrogens with zero attached hydrogens (tertiary/aromatic N) is 1. The van der Waals surface area contributed by atoms with Gasteiger partial charge in [-0.15, -0.1) is 0 Å². The third-order valence-electron chi connectivity index (χ3n) is 3.45. The SMILES string of the molecule is CC(=O)NC1CCN(Cc2cccc(CN)c2F)C1. The molecule has 2 rings (SSSR count). The molecule has 1 atom stereocenters. The third-order valence-corrected chi connectivity index (χ3v) is 3.45. The summed E-state index contributed by atoms with van der Waals surface area (Å²) >= 11 is 0. The second-order valence-corrected chi connectivity index (χ2v) is 5.02. The van der Waals surface area contributed by atoms with Crippen LogP contribution in [0.5, 0.6) is 0 Å². The van der Waals surface area contributed by atoms with E-state index in [1.54, 1.807) is 12.1 Å². The molecule has 0 spiro atoms. The summed E-state index contributed by atoms with van der Waals surface area (Å²) < 4.78 is 14.1. The second-order valence-electron chi connectivity index (χ2n) is 5.02. The van der Waals surface area contributed by atoms with Gasteiger partial charge < -0.3 is 11.1 Å². The zero-order chi connectivity index (χ0) is 13.8. The van der Waals surface area contributed by atoms with Gasteiger partial charge in [0.2, 0.25) is 5.91 Å². The Balaban J connectivity index is 1.97. The highest BCUT2D eigenvalue weighted by atomic mass is 19.1. The molecular weight excluding hydrogens is 245 g/mol. The summed E-state index contributed by atoms with van der Waals surface area (Å²) in [6.07, 6.45) is 0.914. The van der Waals surface area contributed by atoms with E-state index in [2.05, 4.69) is 10.2 Å². The molecule has 1 fully saturated rings. The van der Waals surface area contributed by atoms with Crippen LogP contribution in [0.2, 0.25) is 0 Å². The van der Waals surface area contributed by atoms with Crippen LogP contribution in [0.25, 0.3) is 0 Å². The molecule has 1 saturated heterocycles. The first-order chi connectivity index (χ1) is 9.10. The van der Waals surface area contributed by atoms with E-state index in [-0.39, 0.29) is 24.3 Å². The lowest BCUT2D eigenvalue weighted by molar-refractivity contribution is -0.119. The van der Waals surface area contributed by atoms with Gasteiger partial charge in [0.05, 0.1) is 0 Å². The maximum Gasteiger partial charge on any atom is 0.217 e. The minimum atomic E-state index is -0.201. The smallest absolute Gasteiger partial charge is 0.217 e. The van der Waals surface area contributed by atoms with Crippen LogP contribution in [0.4, 0.5) is 4.39 Å². The van der Waals surface area contributed by atoms with E-state index < -0.39 is 0 Å². The van der Waals surface area contributed by atoms with Crippen molar-refractivity contribution in [2.24, 2.45) is 5.73 Å². The zero-order valence-corrected chi connectivity index (χ0v) is 11.2. The summed E-state index contributed by atoms with van der Waals surface area (Å²) in [6, 6.07) is 5.52. The number of amides is 1. The van der Waals surface area contributed by atoms with Gasteiger partial charge in [-0.2, -0.15) is 0 Å². The Bertz CT molecular complexity index is 464. The summed E-state index contributed by atoms with van der Waals surface area (Å²) in [6.45, 7) is 3.94. The highest BCUT2D eigenvalue weighted by molar-refractivity contribution is 5.73. The van der Waals surface area contributed by atoms with Gasteiger partial charge in [0, 0.05) is 50.3 Å². The summed E-state index contributed by atoms with van der Waals surface area (Å²) in [7, 11) is 0. The van der Waals surface area contributed by atoms with E-state index in [0.717, 1.165) is 19.5 Å². The number of carbonyl (C=O) groups excluding carboxylic acids is 1. The molecule has 19 heavy (non-hydrogen) atoms. The van der Waals surface area contributed by atoms with Crippen LogP contribution in [-0.4, -0.2) is 29.9 Å². The van der Waals surface area contributed by atoms with Crippen molar-refractivity contribution in [1.82, 2.24) is 10.2 Å². The molecule has 1 unspecified atom stereocenters. The minimum Gasteiger partial charge on any atom is -0.352 e. The van der Waals surface area contributed by atoms with E-state index in [1.165, 1.54) is 6.92 Å². The molecule has 1 aromatic carbocycles. The molecule has 1 aromatic rings. The van der Waals surface area contributed by atoms with Gasteiger partial charge in [0.1, 0.15) is 5.82 Å². The van der Waals surface area contributed by atoms with Crippen molar-refractivity contribution in [3.8, 4) is 0 Å². The van der Waals surface area contributed by atoms with Crippen molar-refractivity contribution < 1.29 is 9.18 Å². The van der Waals surface area contributed by atoms with E-state index >= 15 is 0 Å². The van der Waals surface area contributed by atoms with E-state index in [4.69, 9.17) is 5.73 Å². The first-order valence-corrected chi connectivity index (χ1v) is 6.56. The number of hydrogen-bond donors (Lipinski definition) is 2. The number of rotatable bonds is 4. The number of carbonyl (C=O) groups is 1. The average Bonchev–Trinajstić information content (AvgIpc) is 2.78. The predicted molar refractivity (Wildman–Crippen MR) is 71.8 cm³/mol. The summed E-state index contributed by atoms with van der Waals surface area (Å²) in [5.74, 6) is -0.212. The third kappa shape index (κ3) is 3.52. The molecule has 4 nitrogen and oxygen atoms in total. The first kappa shape index (κ1) is 14.0. The lowest BCUT2D eigenvalue weighted by Gasteiger charge is -2.17. The molecule has 104 valence electrons. The molecule has 0 radical (unpaired) electrons. The van der Waals surface area contributed by atoms with Crippen LogP contribution in [-0.2, 0) is 17.9 Å². The standard InChI is InChI=1S/C14H20FN3O/c1-10(19)17-13-5-6-18(9-13)8-12-4-2-3-11(7-16)14(12)15/h2-4,13H,5-9,16H2,1H3,(H,17,19). The molecule has 1 amide bonds. The van der Waals surface area contributed by atoms with Crippen molar-refractivity contribution in [2.45, 2.75) is 32.5 Å². The fourth-order valence-corrected chi connectivity index (χ4v) is 2.54. The summed E-state index contributed by atoms with van der Waals surface area (Å²) in [5, 5.41) is 2.90. The molecule has 1 aliphatic heterocycles. The highest BCUT2D eigenvalue weighted by Crippen LogP contribution is 2.18. The maximum atomic E-state index is 14.1. The van der Waals surface area contributed by atoms with Crippen LogP contribution in [0.1, 0.15) is 24.5 Å². The molecule has 1 heterocycles. The molecule has 0 aliphatic carbocycles. The van der Waals surface area contributed by atoms with Crippen LogP contribution in [0.3, 0.4) is 0 Å². The second kappa shape index (κ2) is 6.12. The lowest BCUT2D eigenvalue weighted by Crippen LogP contribution is -2.35. The Morgan fingerprint density at radius 2 is 2.26 bits per heavy atom. The first-order valence-electron chi connectivity index (χ1n) is 6.56. The Morgan fingerprint density at radius 1 is 1.53 bits per heavy atom. The van der Waals surface area contributed by atoms with Crippen LogP contribution in [0, 0.1) is 5.82 Å². The topological polar surface area (TPSA) is 58.4 Å². The summed E-state index contributed by atoms with van der Waals surface area (Å²) in [4.78, 5) is 13.2. The van der Waals surface area contributed by atoms with Crippen molar-refractivity contribution in [3.63, 3.8) is 0 Å². The number of benzene rings is 1. The van der Waals surface area contributed by atoms with Crippen LogP contribution < -0.4 is 11.1 Å². The predicted octanol–water partition coefficient (Wildman–Crippen LogP) is 0.995. The van der Waals surface area contributed by atoms with Crippen LogP contribution in [0.15, 0.2) is 18.2 Å². The number of halogens is 1. The number of likely N-dealkylation sites (tertiary alicyclic amines) is 1. The maximum absolute atomic E-state index is 14.1. The van der Waals surface area contributed by atoms with Gasteiger partial charge in [-0.25, -0.2) is 4.39 Å². The van der Waals surface area contributed by atoms with Gasteiger partial charge in [0.25, 0.3) is 0 Å². The molecule has 0 aromatic heterocycles. The van der Waals surface area contributed by atoms with Gasteiger partial charge in [0.15, 0.2) is 0 Å². The Kier molecular flexibility index (Phi) is 4.50. The van der Waals surface area contributed by atoms with Crippen molar-refractivity contribution >= 4 is 5.91 Å². The van der Waals surface area contributed by atoms with E-state index in [1.807, 2.05) is 6.07 Å². The van der Waals surface area contributed by atoms with Gasteiger partial charge in [-0.1, -0.05) is 18.2 Å². The molecule has 3 N–H and O–H groups in total. The highest BCUT2D eigenvalue weighted by Gasteiger charge is 2.23. The van der Waals surface area contributed by atoms with Crippen molar-refractivity contribution in [2.75, 3.05) is 13.1 Å². The quantitative estimate of drug-likeness (QED) is 0.853. The van der Waals surface area contributed by atoms with Crippen molar-refractivity contribution in [1.29, 1.82) is 0 Å². The Morgan fingerprint density at radius 3 is 2.95 bits per heavy atom. The fourth-order valence-electron chi connectivity index (χ4n) is 2.54. The average molecular weight is 265 g/mol. The Labute approximate surface area is 112 Å². The Hall–Kier alpha value is -1.46. The molecular formula is C14H20FN3O. The monoisotopic (exact) mass is 265 g/mol. The van der Waals surface area contributed by atoms with Gasteiger partial charge in [-0.3, -0.25) is 9.69 Å². The fraction of sp³-hybridized carbons (Fsp3) is 0.500. The van der Waals surface area contributed by atoms with Crippen molar-refractivity contribution in [3.05, 3.63) is 35.1 Å². The number of nitrogens with two attached hydrogens (primary N) is 1.